The van der Waals surface area contributed by atoms with Crippen LogP contribution < -0.4 is 5.32 Å². The van der Waals surface area contributed by atoms with E-state index in [0.29, 0.717) is 10.4 Å². The van der Waals surface area contributed by atoms with Crippen LogP contribution in [0.4, 0.5) is 0 Å². The monoisotopic (exact) mass is 327 g/mol. The molecule has 0 aromatic carbocycles. The predicted octanol–water partition coefficient (Wildman–Crippen LogP) is 1.85. The molecule has 120 valence electrons. The third kappa shape index (κ3) is 5.21. The highest BCUT2D eigenvalue weighted by atomic mass is 32.1. The van der Waals surface area contributed by atoms with Gasteiger partial charge in [0.25, 0.3) is 0 Å². The Hall–Kier alpha value is -2.35. The van der Waals surface area contributed by atoms with Gasteiger partial charge in [-0.2, -0.15) is 0 Å². The summed E-state index contributed by atoms with van der Waals surface area (Å²) in [5.41, 5.74) is -1.04. The maximum atomic E-state index is 12.0. The number of carbonyl (C=O) groups is 3. The van der Waals surface area contributed by atoms with Crippen LogP contribution in [-0.2, 0) is 20.9 Å². The molecular formula is C14H17NO6S. The number of hydrogen-bond donors (Lipinski definition) is 3. The van der Waals surface area contributed by atoms with E-state index in [9.17, 15) is 14.4 Å². The quantitative estimate of drug-likeness (QED) is 0.316. The number of rotatable bonds is 6. The van der Waals surface area contributed by atoms with Crippen molar-refractivity contribution in [3.05, 3.63) is 33.7 Å². The molecule has 7 nitrogen and oxygen atoms in total. The fourth-order valence-corrected chi connectivity index (χ4v) is 2.27. The summed E-state index contributed by atoms with van der Waals surface area (Å²) in [6.45, 7) is 5.38. The Labute approximate surface area is 131 Å². The minimum absolute atomic E-state index is 0.121. The van der Waals surface area contributed by atoms with Crippen LogP contribution in [0.15, 0.2) is 23.2 Å². The van der Waals surface area contributed by atoms with Crippen LogP contribution in [0, 0.1) is 0 Å². The van der Waals surface area contributed by atoms with Crippen LogP contribution in [0.2, 0.25) is 0 Å². The molecule has 0 radical (unpaired) electrons. The normalized spacial score (nSPS) is 10.7. The van der Waals surface area contributed by atoms with Crippen molar-refractivity contribution in [1.82, 2.24) is 5.32 Å². The molecule has 1 aromatic heterocycles. The minimum Gasteiger partial charge on any atom is -0.477 e. The number of thiophene rings is 1. The summed E-state index contributed by atoms with van der Waals surface area (Å²) in [6.07, 6.45) is 0.892. The highest BCUT2D eigenvalue weighted by Gasteiger charge is 2.21. The number of ether oxygens (including phenoxy) is 1. The summed E-state index contributed by atoms with van der Waals surface area (Å²) in [4.78, 5) is 34.0. The van der Waals surface area contributed by atoms with Crippen LogP contribution in [-0.4, -0.2) is 33.7 Å². The Balaban J connectivity index is 2.79. The van der Waals surface area contributed by atoms with Gasteiger partial charge in [0.15, 0.2) is 5.57 Å². The Morgan fingerprint density at radius 2 is 1.86 bits per heavy atom. The van der Waals surface area contributed by atoms with Gasteiger partial charge in [0, 0.05) is 17.6 Å². The molecule has 8 heteroatoms. The Kier molecular flexibility index (Phi) is 5.69. The van der Waals surface area contributed by atoms with Gasteiger partial charge in [-0.05, 0) is 32.2 Å². The third-order valence-electron chi connectivity index (χ3n) is 2.33. The Morgan fingerprint density at radius 1 is 1.27 bits per heavy atom. The molecule has 0 aliphatic rings. The fraction of sp³-hybridized carbons (Fsp3) is 0.357. The lowest BCUT2D eigenvalue weighted by Crippen LogP contribution is -2.24. The lowest BCUT2D eigenvalue weighted by Gasteiger charge is -2.19. The van der Waals surface area contributed by atoms with Crippen LogP contribution in [0.25, 0.3) is 0 Å². The van der Waals surface area contributed by atoms with E-state index in [-0.39, 0.29) is 6.54 Å². The van der Waals surface area contributed by atoms with Crippen LogP contribution in [0.5, 0.6) is 0 Å². The van der Waals surface area contributed by atoms with Gasteiger partial charge in [-0.3, -0.25) is 0 Å². The first kappa shape index (κ1) is 17.7. The number of esters is 1. The second kappa shape index (κ2) is 7.08. The molecule has 3 N–H and O–H groups in total. The molecule has 0 spiro atoms. The molecule has 1 aromatic rings. The van der Waals surface area contributed by atoms with Gasteiger partial charge in [-0.25, -0.2) is 14.4 Å². The summed E-state index contributed by atoms with van der Waals surface area (Å²) in [7, 11) is 0. The molecule has 0 amide bonds. The van der Waals surface area contributed by atoms with Gasteiger partial charge < -0.3 is 20.3 Å². The van der Waals surface area contributed by atoms with E-state index in [2.05, 4.69) is 5.32 Å². The van der Waals surface area contributed by atoms with Crippen molar-refractivity contribution in [3.63, 3.8) is 0 Å². The van der Waals surface area contributed by atoms with Crippen LogP contribution in [0.1, 0.15) is 36.0 Å². The van der Waals surface area contributed by atoms with Gasteiger partial charge in [-0.15, -0.1) is 11.3 Å². The summed E-state index contributed by atoms with van der Waals surface area (Å²) < 4.78 is 5.26. The first-order valence-electron chi connectivity index (χ1n) is 6.31. The maximum Gasteiger partial charge on any atom is 0.344 e. The number of carbonyl (C=O) groups excluding carboxylic acids is 1. The van der Waals surface area contributed by atoms with Crippen molar-refractivity contribution < 1.29 is 29.3 Å². The third-order valence-corrected chi connectivity index (χ3v) is 3.25. The second-order valence-corrected chi connectivity index (χ2v) is 6.31. The van der Waals surface area contributed by atoms with E-state index >= 15 is 0 Å². The number of aliphatic carboxylic acids is 2. The minimum atomic E-state index is -1.54. The van der Waals surface area contributed by atoms with E-state index in [4.69, 9.17) is 14.9 Å². The summed E-state index contributed by atoms with van der Waals surface area (Å²) in [5, 5.41) is 21.7. The highest BCUT2D eigenvalue weighted by Crippen LogP contribution is 2.20. The summed E-state index contributed by atoms with van der Waals surface area (Å²) in [5.74, 6) is -3.57. The van der Waals surface area contributed by atoms with Crippen molar-refractivity contribution in [2.24, 2.45) is 0 Å². The van der Waals surface area contributed by atoms with E-state index in [1.807, 2.05) is 0 Å². The highest BCUT2D eigenvalue weighted by molar-refractivity contribution is 7.10. The lowest BCUT2D eigenvalue weighted by atomic mass is 10.2. The molecular weight excluding hydrogens is 310 g/mol. The molecule has 1 rings (SSSR count). The number of carboxylic acid groups (broad SMARTS) is 2. The zero-order chi connectivity index (χ0) is 16.9. The van der Waals surface area contributed by atoms with Crippen molar-refractivity contribution in [2.45, 2.75) is 32.9 Å². The topological polar surface area (TPSA) is 113 Å². The van der Waals surface area contributed by atoms with Gasteiger partial charge in [0.2, 0.25) is 0 Å². The van der Waals surface area contributed by atoms with E-state index in [1.54, 1.807) is 32.2 Å². The largest absolute Gasteiger partial charge is 0.477 e. The fourth-order valence-electron chi connectivity index (χ4n) is 1.45. The van der Waals surface area contributed by atoms with Crippen molar-refractivity contribution in [3.8, 4) is 0 Å². The smallest absolute Gasteiger partial charge is 0.344 e. The van der Waals surface area contributed by atoms with E-state index in [0.717, 1.165) is 6.20 Å². The molecule has 0 unspecified atom stereocenters. The Bertz CT molecular complexity index is 595. The molecule has 0 aliphatic carbocycles. The number of carboxylic acids is 2. The van der Waals surface area contributed by atoms with Crippen molar-refractivity contribution in [1.29, 1.82) is 0 Å². The van der Waals surface area contributed by atoms with Crippen molar-refractivity contribution >= 4 is 29.2 Å². The molecule has 0 aliphatic heterocycles. The molecule has 0 saturated heterocycles. The zero-order valence-electron chi connectivity index (χ0n) is 12.4. The second-order valence-electron chi connectivity index (χ2n) is 5.31. The predicted molar refractivity (Wildman–Crippen MR) is 79.7 cm³/mol. The lowest BCUT2D eigenvalue weighted by molar-refractivity contribution is -0.140. The first-order chi connectivity index (χ1) is 10.1. The molecule has 22 heavy (non-hydrogen) atoms. The average Bonchev–Trinajstić information content (AvgIpc) is 2.79. The number of hydrogen-bond acceptors (Lipinski definition) is 6. The van der Waals surface area contributed by atoms with Gasteiger partial charge >= 0.3 is 17.9 Å². The average molecular weight is 327 g/mol. The standard InChI is InChI=1S/C14H17NO6S/c1-14(2,3)21-13(20)8-4-5-22-10(8)7-15-6-9(11(16)17)12(18)19/h4-6,15H,7H2,1-3H3,(H,16,17)(H,18,19). The van der Waals surface area contributed by atoms with Crippen LogP contribution in [0.3, 0.4) is 0 Å². The first-order valence-corrected chi connectivity index (χ1v) is 7.19. The molecule has 0 atom stereocenters. The summed E-state index contributed by atoms with van der Waals surface area (Å²) in [6, 6.07) is 1.61. The van der Waals surface area contributed by atoms with E-state index < -0.39 is 29.1 Å². The van der Waals surface area contributed by atoms with Crippen molar-refractivity contribution in [2.75, 3.05) is 0 Å². The number of nitrogens with one attached hydrogen (secondary N) is 1. The molecule has 0 bridgehead atoms. The van der Waals surface area contributed by atoms with Crippen LogP contribution >= 0.6 is 11.3 Å². The van der Waals surface area contributed by atoms with E-state index in [1.165, 1.54) is 11.3 Å². The molecule has 1 heterocycles. The maximum absolute atomic E-state index is 12.0. The zero-order valence-corrected chi connectivity index (χ0v) is 13.2. The van der Waals surface area contributed by atoms with Gasteiger partial charge in [0.05, 0.1) is 5.56 Å². The Morgan fingerprint density at radius 3 is 2.36 bits per heavy atom. The summed E-state index contributed by atoms with van der Waals surface area (Å²) >= 11 is 1.28. The molecule has 0 fully saturated rings. The molecule has 0 saturated carbocycles. The SMILES string of the molecule is CC(C)(C)OC(=O)c1ccsc1CNC=C(C(=O)O)C(=O)O. The van der Waals surface area contributed by atoms with Gasteiger partial charge in [0.1, 0.15) is 5.60 Å². The van der Waals surface area contributed by atoms with Gasteiger partial charge in [-0.1, -0.05) is 0 Å².